The second kappa shape index (κ2) is 9.66. The number of hydrogen-bond donors (Lipinski definition) is 1. The van der Waals surface area contributed by atoms with Crippen molar-refractivity contribution in [2.75, 3.05) is 6.61 Å². The van der Waals surface area contributed by atoms with Crippen molar-refractivity contribution < 1.29 is 19.1 Å². The molecular weight excluding hydrogens is 388 g/mol. The summed E-state index contributed by atoms with van der Waals surface area (Å²) in [4.78, 5) is 24.3. The van der Waals surface area contributed by atoms with Crippen LogP contribution in [0.4, 0.5) is 0 Å². The lowest BCUT2D eigenvalue weighted by Gasteiger charge is -2.09. The number of carbonyl (C=O) groups excluding carboxylic acids is 2. The average molecular weight is 408 g/mol. The van der Waals surface area contributed by atoms with Gasteiger partial charge in [-0.3, -0.25) is 4.79 Å². The molecule has 3 rings (SSSR count). The third kappa shape index (κ3) is 5.76. The zero-order valence-electron chi connectivity index (χ0n) is 16.0. The Morgan fingerprint density at radius 2 is 1.86 bits per heavy atom. The summed E-state index contributed by atoms with van der Waals surface area (Å²) in [5, 5.41) is 5.73. The van der Waals surface area contributed by atoms with Crippen molar-refractivity contribution in [3.63, 3.8) is 0 Å². The summed E-state index contributed by atoms with van der Waals surface area (Å²) in [6.45, 7) is 3.81. The predicted molar refractivity (Wildman–Crippen MR) is 113 cm³/mol. The van der Waals surface area contributed by atoms with Crippen molar-refractivity contribution in [2.24, 2.45) is 5.10 Å². The number of amides is 1. The number of ether oxygens (including phenoxy) is 2. The molecule has 1 N–H and O–H groups in total. The summed E-state index contributed by atoms with van der Waals surface area (Å²) in [5.41, 5.74) is 5.27. The van der Waals surface area contributed by atoms with Gasteiger partial charge in [0, 0.05) is 0 Å². The normalized spacial score (nSPS) is 10.7. The first-order chi connectivity index (χ1) is 14.0. The van der Waals surface area contributed by atoms with Crippen LogP contribution in [-0.4, -0.2) is 24.7 Å². The lowest BCUT2D eigenvalue weighted by atomic mass is 10.1. The monoisotopic (exact) mass is 408 g/mol. The third-order valence-electron chi connectivity index (χ3n) is 4.13. The fraction of sp³-hybridized carbons (Fsp3) is 0.136. The van der Waals surface area contributed by atoms with Gasteiger partial charge >= 0.3 is 5.97 Å². The first kappa shape index (κ1) is 20.3. The van der Waals surface area contributed by atoms with Crippen molar-refractivity contribution in [2.45, 2.75) is 13.8 Å². The van der Waals surface area contributed by atoms with Gasteiger partial charge in [0.2, 0.25) is 0 Å². The Morgan fingerprint density at radius 3 is 2.59 bits per heavy atom. The molecule has 1 heterocycles. The average Bonchev–Trinajstić information content (AvgIpc) is 3.25. The van der Waals surface area contributed by atoms with E-state index < -0.39 is 5.97 Å². The summed E-state index contributed by atoms with van der Waals surface area (Å²) in [5.74, 6) is 0.365. The van der Waals surface area contributed by atoms with Gasteiger partial charge in [-0.1, -0.05) is 18.2 Å². The lowest BCUT2D eigenvalue weighted by molar-refractivity contribution is -0.123. The fourth-order valence-electron chi connectivity index (χ4n) is 2.41. The zero-order chi connectivity index (χ0) is 20.6. The van der Waals surface area contributed by atoms with Gasteiger partial charge in [-0.2, -0.15) is 5.10 Å². The van der Waals surface area contributed by atoms with Gasteiger partial charge in [0.1, 0.15) is 16.4 Å². The number of nitrogens with one attached hydrogen (secondary N) is 1. The second-order valence-corrected chi connectivity index (χ2v) is 7.16. The van der Waals surface area contributed by atoms with Crippen LogP contribution < -0.4 is 14.9 Å². The van der Waals surface area contributed by atoms with Gasteiger partial charge < -0.3 is 9.47 Å². The number of benzene rings is 2. The van der Waals surface area contributed by atoms with Crippen LogP contribution in [0.2, 0.25) is 0 Å². The molecule has 0 spiro atoms. The molecule has 2 aromatic carbocycles. The Morgan fingerprint density at radius 1 is 1.07 bits per heavy atom. The Bertz CT molecular complexity index is 1010. The summed E-state index contributed by atoms with van der Waals surface area (Å²) < 4.78 is 10.8. The van der Waals surface area contributed by atoms with E-state index in [9.17, 15) is 9.59 Å². The molecule has 6 nitrogen and oxygen atoms in total. The Kier molecular flexibility index (Phi) is 6.76. The molecule has 0 bridgehead atoms. The quantitative estimate of drug-likeness (QED) is 0.276. The maximum Gasteiger partial charge on any atom is 0.353 e. The van der Waals surface area contributed by atoms with Crippen LogP contribution in [0, 0.1) is 13.8 Å². The van der Waals surface area contributed by atoms with Crippen molar-refractivity contribution in [3.05, 3.63) is 81.5 Å². The molecule has 0 saturated heterocycles. The van der Waals surface area contributed by atoms with Gasteiger partial charge in [-0.15, -0.1) is 11.3 Å². The highest BCUT2D eigenvalue weighted by molar-refractivity contribution is 7.12. The molecular formula is C22H20N2O4S. The van der Waals surface area contributed by atoms with Crippen LogP contribution in [0.15, 0.2) is 65.1 Å². The molecule has 0 saturated carbocycles. The van der Waals surface area contributed by atoms with Crippen molar-refractivity contribution in [3.8, 4) is 11.5 Å². The van der Waals surface area contributed by atoms with E-state index in [1.165, 1.54) is 17.6 Å². The van der Waals surface area contributed by atoms with Crippen LogP contribution in [0.25, 0.3) is 0 Å². The van der Waals surface area contributed by atoms with E-state index >= 15 is 0 Å². The van der Waals surface area contributed by atoms with Crippen molar-refractivity contribution in [1.29, 1.82) is 0 Å². The number of esters is 1. The molecule has 0 aliphatic rings. The number of hydrogen-bond acceptors (Lipinski definition) is 6. The lowest BCUT2D eigenvalue weighted by Crippen LogP contribution is -2.24. The van der Waals surface area contributed by atoms with Crippen LogP contribution >= 0.6 is 11.3 Å². The molecule has 0 unspecified atom stereocenters. The number of rotatable bonds is 7. The topological polar surface area (TPSA) is 77.0 Å². The summed E-state index contributed by atoms with van der Waals surface area (Å²) in [7, 11) is 0. The zero-order valence-corrected chi connectivity index (χ0v) is 16.9. The van der Waals surface area contributed by atoms with Gasteiger partial charge in [0.15, 0.2) is 6.61 Å². The standard InChI is InChI=1S/C22H20N2O4S/c1-15-5-3-6-19(16(15)2)27-14-21(25)24-23-13-17-8-10-18(11-9-17)28-22(26)20-7-4-12-29-20/h3-13H,14H2,1-2H3,(H,24,25)/b23-13+. The highest BCUT2D eigenvalue weighted by Gasteiger charge is 2.09. The number of aryl methyl sites for hydroxylation is 1. The minimum Gasteiger partial charge on any atom is -0.483 e. The van der Waals surface area contributed by atoms with Crippen molar-refractivity contribution >= 4 is 29.4 Å². The van der Waals surface area contributed by atoms with Crippen LogP contribution in [0.3, 0.4) is 0 Å². The number of thiophene rings is 1. The summed E-state index contributed by atoms with van der Waals surface area (Å²) in [6, 6.07) is 16.0. The Hall–Kier alpha value is -3.45. The first-order valence-corrected chi connectivity index (χ1v) is 9.77. The minimum absolute atomic E-state index is 0.126. The largest absolute Gasteiger partial charge is 0.483 e. The number of hydrazone groups is 1. The number of carbonyl (C=O) groups is 2. The highest BCUT2D eigenvalue weighted by Crippen LogP contribution is 2.20. The van der Waals surface area contributed by atoms with E-state index in [2.05, 4.69) is 10.5 Å². The van der Waals surface area contributed by atoms with Crippen LogP contribution in [0.5, 0.6) is 11.5 Å². The maximum absolute atomic E-state index is 11.9. The van der Waals surface area contributed by atoms with Crippen LogP contribution in [-0.2, 0) is 4.79 Å². The van der Waals surface area contributed by atoms with E-state index in [-0.39, 0.29) is 12.5 Å². The van der Waals surface area contributed by atoms with E-state index in [1.807, 2.05) is 37.4 Å². The smallest absolute Gasteiger partial charge is 0.353 e. The summed E-state index contributed by atoms with van der Waals surface area (Å²) in [6.07, 6.45) is 1.50. The SMILES string of the molecule is Cc1cccc(OCC(=O)N/N=C/c2ccc(OC(=O)c3cccs3)cc2)c1C. The molecule has 148 valence electrons. The molecule has 29 heavy (non-hydrogen) atoms. The van der Waals surface area contributed by atoms with Crippen molar-refractivity contribution in [1.82, 2.24) is 5.43 Å². The Labute approximate surface area is 172 Å². The predicted octanol–water partition coefficient (Wildman–Crippen LogP) is 4.11. The third-order valence-corrected chi connectivity index (χ3v) is 4.98. The van der Waals surface area contributed by atoms with E-state index in [0.29, 0.717) is 16.4 Å². The molecule has 0 aliphatic carbocycles. The van der Waals surface area contributed by atoms with Gasteiger partial charge in [0.05, 0.1) is 6.21 Å². The van der Waals surface area contributed by atoms with E-state index in [0.717, 1.165) is 16.7 Å². The fourth-order valence-corrected chi connectivity index (χ4v) is 3.01. The van der Waals surface area contributed by atoms with Gasteiger partial charge in [0.25, 0.3) is 5.91 Å². The molecule has 0 fully saturated rings. The van der Waals surface area contributed by atoms with E-state index in [4.69, 9.17) is 9.47 Å². The van der Waals surface area contributed by atoms with Gasteiger partial charge in [-0.05, 0) is 72.3 Å². The molecule has 0 atom stereocenters. The molecule has 7 heteroatoms. The Balaban J connectivity index is 1.46. The minimum atomic E-state index is -0.391. The second-order valence-electron chi connectivity index (χ2n) is 6.22. The first-order valence-electron chi connectivity index (χ1n) is 8.89. The molecule has 3 aromatic rings. The molecule has 1 amide bonds. The molecule has 0 aliphatic heterocycles. The van der Waals surface area contributed by atoms with E-state index in [1.54, 1.807) is 36.4 Å². The summed E-state index contributed by atoms with van der Waals surface area (Å²) >= 11 is 1.32. The highest BCUT2D eigenvalue weighted by atomic mass is 32.1. The number of nitrogens with zero attached hydrogens (tertiary/aromatic N) is 1. The maximum atomic E-state index is 11.9. The van der Waals surface area contributed by atoms with Crippen LogP contribution in [0.1, 0.15) is 26.4 Å². The van der Waals surface area contributed by atoms with Gasteiger partial charge in [-0.25, -0.2) is 10.2 Å². The molecule has 0 radical (unpaired) electrons. The molecule has 1 aromatic heterocycles.